The average Bonchev–Trinajstić information content (AvgIpc) is 2.15. The molecular formula is C10H14O5S2. The average molecular weight is 278 g/mol. The second-order valence-electron chi connectivity index (χ2n) is 3.80. The van der Waals surface area contributed by atoms with Crippen molar-refractivity contribution < 1.29 is 21.9 Å². The molecule has 0 aromatic heterocycles. The van der Waals surface area contributed by atoms with Crippen LogP contribution in [0.4, 0.5) is 0 Å². The van der Waals surface area contributed by atoms with Crippen LogP contribution in [-0.4, -0.2) is 39.7 Å². The normalized spacial score (nSPS) is 12.5. The Labute approximate surface area is 101 Å². The Morgan fingerprint density at radius 3 is 2.00 bits per heavy atom. The number of sulfone groups is 2. The molecule has 1 aromatic carbocycles. The molecule has 7 heteroatoms. The van der Waals surface area contributed by atoms with Crippen molar-refractivity contribution in [3.8, 4) is 5.75 Å². The molecule has 0 atom stereocenters. The first kappa shape index (κ1) is 14.0. The van der Waals surface area contributed by atoms with E-state index in [9.17, 15) is 16.8 Å². The van der Waals surface area contributed by atoms with Crippen LogP contribution in [0.1, 0.15) is 6.42 Å². The van der Waals surface area contributed by atoms with Crippen molar-refractivity contribution in [2.24, 2.45) is 0 Å². The van der Waals surface area contributed by atoms with E-state index < -0.39 is 19.7 Å². The van der Waals surface area contributed by atoms with Crippen LogP contribution >= 0.6 is 0 Å². The van der Waals surface area contributed by atoms with E-state index in [2.05, 4.69) is 0 Å². The molecule has 0 radical (unpaired) electrons. The SMILES string of the molecule is CS(=O)(=O)CCCS(=O)(=O)c1ccc(O)cc1. The van der Waals surface area contributed by atoms with Crippen molar-refractivity contribution in [2.75, 3.05) is 17.8 Å². The van der Waals surface area contributed by atoms with Gasteiger partial charge in [0, 0.05) is 6.26 Å². The van der Waals surface area contributed by atoms with Crippen molar-refractivity contribution >= 4 is 19.7 Å². The summed E-state index contributed by atoms with van der Waals surface area (Å²) in [6.07, 6.45) is 1.14. The van der Waals surface area contributed by atoms with Crippen molar-refractivity contribution in [2.45, 2.75) is 11.3 Å². The van der Waals surface area contributed by atoms with Gasteiger partial charge in [-0.1, -0.05) is 0 Å². The lowest BCUT2D eigenvalue weighted by molar-refractivity contribution is 0.475. The number of phenols is 1. The highest BCUT2D eigenvalue weighted by molar-refractivity contribution is 7.92. The molecule has 0 heterocycles. The zero-order valence-electron chi connectivity index (χ0n) is 9.33. The van der Waals surface area contributed by atoms with Crippen LogP contribution in [0.25, 0.3) is 0 Å². The molecule has 0 bridgehead atoms. The van der Waals surface area contributed by atoms with Gasteiger partial charge in [0.05, 0.1) is 16.4 Å². The third-order valence-electron chi connectivity index (χ3n) is 2.12. The van der Waals surface area contributed by atoms with E-state index >= 15 is 0 Å². The van der Waals surface area contributed by atoms with Crippen molar-refractivity contribution in [1.29, 1.82) is 0 Å². The molecule has 0 aliphatic rings. The zero-order chi connectivity index (χ0) is 13.1. The molecule has 5 nitrogen and oxygen atoms in total. The highest BCUT2D eigenvalue weighted by atomic mass is 32.2. The van der Waals surface area contributed by atoms with Crippen molar-refractivity contribution in [1.82, 2.24) is 0 Å². The van der Waals surface area contributed by atoms with Crippen LogP contribution in [0.2, 0.25) is 0 Å². The van der Waals surface area contributed by atoms with Gasteiger partial charge in [-0.3, -0.25) is 0 Å². The maximum atomic E-state index is 11.8. The maximum Gasteiger partial charge on any atom is 0.178 e. The fourth-order valence-electron chi connectivity index (χ4n) is 1.28. The smallest absolute Gasteiger partial charge is 0.178 e. The quantitative estimate of drug-likeness (QED) is 0.852. The standard InChI is InChI=1S/C10H14O5S2/c1-16(12,13)7-2-8-17(14,15)10-5-3-9(11)4-6-10/h3-6,11H,2,7-8H2,1H3. The summed E-state index contributed by atoms with van der Waals surface area (Å²) in [5.74, 6) is -0.380. The van der Waals surface area contributed by atoms with E-state index in [0.717, 1.165) is 6.26 Å². The van der Waals surface area contributed by atoms with Crippen LogP contribution < -0.4 is 0 Å². The highest BCUT2D eigenvalue weighted by Crippen LogP contribution is 2.16. The summed E-state index contributed by atoms with van der Waals surface area (Å²) in [6.45, 7) is 0. The first-order chi connectivity index (χ1) is 7.71. The van der Waals surface area contributed by atoms with Gasteiger partial charge in [-0.25, -0.2) is 16.8 Å². The number of aromatic hydroxyl groups is 1. The Morgan fingerprint density at radius 2 is 1.53 bits per heavy atom. The van der Waals surface area contributed by atoms with E-state index in [1.165, 1.54) is 24.3 Å². The van der Waals surface area contributed by atoms with Gasteiger partial charge in [-0.2, -0.15) is 0 Å². The van der Waals surface area contributed by atoms with Gasteiger partial charge >= 0.3 is 0 Å². The fourth-order valence-corrected chi connectivity index (χ4v) is 3.44. The van der Waals surface area contributed by atoms with Gasteiger partial charge in [0.2, 0.25) is 0 Å². The lowest BCUT2D eigenvalue weighted by atomic mass is 10.3. The minimum atomic E-state index is -3.48. The molecule has 0 spiro atoms. The molecule has 1 aromatic rings. The second-order valence-corrected chi connectivity index (χ2v) is 8.17. The minimum Gasteiger partial charge on any atom is -0.508 e. The van der Waals surface area contributed by atoms with Gasteiger partial charge in [-0.15, -0.1) is 0 Å². The predicted molar refractivity (Wildman–Crippen MR) is 64.5 cm³/mol. The second kappa shape index (κ2) is 5.05. The van der Waals surface area contributed by atoms with Crippen LogP contribution in [0.3, 0.4) is 0 Å². The molecule has 17 heavy (non-hydrogen) atoms. The summed E-state index contributed by atoms with van der Waals surface area (Å²) < 4.78 is 45.2. The number of phenolic OH excluding ortho intramolecular Hbond substituents is 1. The van der Waals surface area contributed by atoms with Crippen molar-refractivity contribution in [3.05, 3.63) is 24.3 Å². The van der Waals surface area contributed by atoms with E-state index in [0.29, 0.717) is 0 Å². The molecule has 0 saturated carbocycles. The van der Waals surface area contributed by atoms with Crippen LogP contribution in [0.15, 0.2) is 29.2 Å². The van der Waals surface area contributed by atoms with E-state index in [1.807, 2.05) is 0 Å². The lowest BCUT2D eigenvalue weighted by Crippen LogP contribution is -2.12. The van der Waals surface area contributed by atoms with Gasteiger partial charge in [0.25, 0.3) is 0 Å². The lowest BCUT2D eigenvalue weighted by Gasteiger charge is -2.04. The fraction of sp³-hybridized carbons (Fsp3) is 0.400. The predicted octanol–water partition coefficient (Wildman–Crippen LogP) is 0.601. The molecule has 0 aliphatic carbocycles. The molecule has 1 N–H and O–H groups in total. The summed E-state index contributed by atoms with van der Waals surface area (Å²) in [6, 6.07) is 5.16. The first-order valence-corrected chi connectivity index (χ1v) is 8.61. The molecule has 0 fully saturated rings. The van der Waals surface area contributed by atoms with Crippen LogP contribution in [0.5, 0.6) is 5.75 Å². The van der Waals surface area contributed by atoms with E-state index in [-0.39, 0.29) is 28.6 Å². The Morgan fingerprint density at radius 1 is 1.00 bits per heavy atom. The van der Waals surface area contributed by atoms with Gasteiger partial charge in [0.15, 0.2) is 9.84 Å². The summed E-state index contributed by atoms with van der Waals surface area (Å²) in [4.78, 5) is 0.0869. The Bertz CT molecular complexity index is 570. The molecular weight excluding hydrogens is 264 g/mol. The summed E-state index contributed by atoms with van der Waals surface area (Å²) in [5.41, 5.74) is 0. The van der Waals surface area contributed by atoms with Crippen LogP contribution in [0, 0.1) is 0 Å². The Balaban J connectivity index is 2.73. The minimum absolute atomic E-state index is 0.0138. The molecule has 0 saturated heterocycles. The third-order valence-corrected chi connectivity index (χ3v) is 4.97. The third kappa shape index (κ3) is 4.74. The molecule has 96 valence electrons. The molecule has 1 rings (SSSR count). The van der Waals surface area contributed by atoms with Gasteiger partial charge in [0.1, 0.15) is 15.6 Å². The number of hydrogen-bond donors (Lipinski definition) is 1. The van der Waals surface area contributed by atoms with Gasteiger partial charge < -0.3 is 5.11 Å². The largest absolute Gasteiger partial charge is 0.508 e. The summed E-state index contributed by atoms with van der Waals surface area (Å²) >= 11 is 0. The van der Waals surface area contributed by atoms with E-state index in [4.69, 9.17) is 5.11 Å². The maximum absolute atomic E-state index is 11.8. The first-order valence-electron chi connectivity index (χ1n) is 4.90. The molecule has 0 unspecified atom stereocenters. The Hall–Kier alpha value is -1.08. The highest BCUT2D eigenvalue weighted by Gasteiger charge is 2.15. The number of benzene rings is 1. The monoisotopic (exact) mass is 278 g/mol. The number of rotatable bonds is 5. The summed E-state index contributed by atoms with van der Waals surface area (Å²) in [5, 5.41) is 9.03. The van der Waals surface area contributed by atoms with Crippen molar-refractivity contribution in [3.63, 3.8) is 0 Å². The Kier molecular flexibility index (Phi) is 4.16. The zero-order valence-corrected chi connectivity index (χ0v) is 11.0. The molecule has 0 amide bonds. The summed E-state index contributed by atoms with van der Waals surface area (Å²) in [7, 11) is -6.61. The van der Waals surface area contributed by atoms with E-state index in [1.54, 1.807) is 0 Å². The molecule has 0 aliphatic heterocycles. The van der Waals surface area contributed by atoms with Crippen LogP contribution in [-0.2, 0) is 19.7 Å². The topological polar surface area (TPSA) is 88.5 Å². The van der Waals surface area contributed by atoms with Gasteiger partial charge in [-0.05, 0) is 30.7 Å². The number of hydrogen-bond acceptors (Lipinski definition) is 5.